The Morgan fingerprint density at radius 1 is 1.15 bits per heavy atom. The van der Waals surface area contributed by atoms with Crippen molar-refractivity contribution < 1.29 is 4.42 Å². The van der Waals surface area contributed by atoms with Gasteiger partial charge in [-0.15, -0.1) is 0 Å². The number of hydrogen-bond donors (Lipinski definition) is 0. The summed E-state index contributed by atoms with van der Waals surface area (Å²) in [5.74, 6) is 0. The Labute approximate surface area is 75.0 Å². The monoisotopic (exact) mass is 173 g/mol. The predicted octanol–water partition coefficient (Wildman–Crippen LogP) is 1.63. The molecule has 0 aliphatic rings. The van der Waals surface area contributed by atoms with Gasteiger partial charge in [0.25, 0.3) is 0 Å². The zero-order valence-corrected chi connectivity index (χ0v) is 6.79. The van der Waals surface area contributed by atoms with Crippen LogP contribution in [0.4, 0.5) is 0 Å². The van der Waals surface area contributed by atoms with Crippen molar-refractivity contribution in [2.24, 2.45) is 0 Å². The van der Waals surface area contributed by atoms with E-state index in [0.717, 1.165) is 11.4 Å². The summed E-state index contributed by atoms with van der Waals surface area (Å²) in [6, 6.07) is 1.82. The minimum Gasteiger partial charge on any atom is -0.451 e. The summed E-state index contributed by atoms with van der Waals surface area (Å²) in [4.78, 5) is 11.8. The maximum absolute atomic E-state index is 4.81. The highest BCUT2D eigenvalue weighted by atomic mass is 16.3. The number of oxazole rings is 1. The van der Waals surface area contributed by atoms with E-state index in [4.69, 9.17) is 4.42 Å². The molecule has 2 rings (SSSR count). The molecule has 2 aromatic heterocycles. The number of hydrogen-bond acceptors (Lipinski definition) is 4. The van der Waals surface area contributed by atoms with Crippen LogP contribution in [0.1, 0.15) is 11.4 Å². The lowest BCUT2D eigenvalue weighted by atomic mass is 10.3. The molecule has 0 saturated carbocycles. The first-order valence-corrected chi connectivity index (χ1v) is 3.77. The minimum absolute atomic E-state index is 0.776. The van der Waals surface area contributed by atoms with Crippen molar-refractivity contribution >= 4 is 12.2 Å². The van der Waals surface area contributed by atoms with Crippen molar-refractivity contribution in [3.63, 3.8) is 0 Å². The van der Waals surface area contributed by atoms with Gasteiger partial charge in [0.15, 0.2) is 6.39 Å². The standard InChI is InChI=1S/C9H7N3O/c1(2-9-5-13-7-12-9)8-3-4-10-6-11-8/h1-7H/b2-1+. The molecule has 0 aliphatic heterocycles. The highest BCUT2D eigenvalue weighted by Gasteiger charge is 1.89. The maximum atomic E-state index is 4.81. The van der Waals surface area contributed by atoms with Gasteiger partial charge in [-0.25, -0.2) is 15.0 Å². The van der Waals surface area contributed by atoms with Gasteiger partial charge < -0.3 is 4.42 Å². The lowest BCUT2D eigenvalue weighted by molar-refractivity contribution is 0.557. The topological polar surface area (TPSA) is 51.8 Å². The lowest BCUT2D eigenvalue weighted by Gasteiger charge is -1.87. The second-order valence-electron chi connectivity index (χ2n) is 2.38. The van der Waals surface area contributed by atoms with E-state index >= 15 is 0 Å². The molecular weight excluding hydrogens is 166 g/mol. The Bertz CT molecular complexity index is 381. The molecule has 0 radical (unpaired) electrons. The summed E-state index contributed by atoms with van der Waals surface area (Å²) in [6.45, 7) is 0. The van der Waals surface area contributed by atoms with E-state index < -0.39 is 0 Å². The molecule has 0 spiro atoms. The van der Waals surface area contributed by atoms with Gasteiger partial charge in [0.05, 0.1) is 5.69 Å². The van der Waals surface area contributed by atoms with Crippen LogP contribution < -0.4 is 0 Å². The largest absolute Gasteiger partial charge is 0.451 e. The lowest BCUT2D eigenvalue weighted by Crippen LogP contribution is -1.79. The quantitative estimate of drug-likeness (QED) is 0.692. The van der Waals surface area contributed by atoms with Gasteiger partial charge in [-0.1, -0.05) is 0 Å². The van der Waals surface area contributed by atoms with Crippen molar-refractivity contribution in [3.8, 4) is 0 Å². The molecule has 0 unspecified atom stereocenters. The summed E-state index contributed by atoms with van der Waals surface area (Å²) >= 11 is 0. The summed E-state index contributed by atoms with van der Waals surface area (Å²) in [7, 11) is 0. The SMILES string of the molecule is C(=C\c1cocn1)/c1ccncn1. The van der Waals surface area contributed by atoms with Crippen LogP contribution >= 0.6 is 0 Å². The van der Waals surface area contributed by atoms with Crippen LogP contribution in [0.2, 0.25) is 0 Å². The molecule has 0 bridgehead atoms. The van der Waals surface area contributed by atoms with Gasteiger partial charge >= 0.3 is 0 Å². The molecule has 2 heterocycles. The fourth-order valence-electron chi connectivity index (χ4n) is 0.874. The summed E-state index contributed by atoms with van der Waals surface area (Å²) in [5, 5.41) is 0. The fourth-order valence-corrected chi connectivity index (χ4v) is 0.874. The van der Waals surface area contributed by atoms with E-state index in [-0.39, 0.29) is 0 Å². The molecule has 4 nitrogen and oxygen atoms in total. The van der Waals surface area contributed by atoms with Crippen molar-refractivity contribution in [2.45, 2.75) is 0 Å². The average Bonchev–Trinajstić information content (AvgIpc) is 2.69. The molecule has 0 fully saturated rings. The Kier molecular flexibility index (Phi) is 2.14. The third-order valence-electron chi connectivity index (χ3n) is 1.48. The number of nitrogens with zero attached hydrogens (tertiary/aromatic N) is 3. The molecule has 0 aliphatic carbocycles. The third-order valence-corrected chi connectivity index (χ3v) is 1.48. The van der Waals surface area contributed by atoms with Crippen LogP contribution in [0, 0.1) is 0 Å². The number of rotatable bonds is 2. The van der Waals surface area contributed by atoms with E-state index in [1.54, 1.807) is 12.5 Å². The highest BCUT2D eigenvalue weighted by molar-refractivity contribution is 5.65. The molecule has 0 N–H and O–H groups in total. The fraction of sp³-hybridized carbons (Fsp3) is 0. The van der Waals surface area contributed by atoms with Crippen LogP contribution in [-0.2, 0) is 0 Å². The molecule has 0 amide bonds. The van der Waals surface area contributed by atoms with Gasteiger partial charge in [0.1, 0.15) is 18.3 Å². The summed E-state index contributed by atoms with van der Waals surface area (Å²) in [5.41, 5.74) is 1.62. The second-order valence-corrected chi connectivity index (χ2v) is 2.38. The van der Waals surface area contributed by atoms with E-state index in [1.807, 2.05) is 18.2 Å². The van der Waals surface area contributed by atoms with Crippen molar-refractivity contribution in [2.75, 3.05) is 0 Å². The van der Waals surface area contributed by atoms with E-state index in [1.165, 1.54) is 12.7 Å². The van der Waals surface area contributed by atoms with Crippen LogP contribution in [0.25, 0.3) is 12.2 Å². The van der Waals surface area contributed by atoms with E-state index in [2.05, 4.69) is 15.0 Å². The number of aromatic nitrogens is 3. The van der Waals surface area contributed by atoms with Gasteiger partial charge in [0.2, 0.25) is 0 Å². The van der Waals surface area contributed by atoms with Gasteiger partial charge in [-0.3, -0.25) is 0 Å². The van der Waals surface area contributed by atoms with Crippen LogP contribution in [0.5, 0.6) is 0 Å². The van der Waals surface area contributed by atoms with E-state index in [0.29, 0.717) is 0 Å². The second kappa shape index (κ2) is 3.62. The third kappa shape index (κ3) is 1.99. The highest BCUT2D eigenvalue weighted by Crippen LogP contribution is 2.02. The summed E-state index contributed by atoms with van der Waals surface area (Å²) < 4.78 is 4.81. The Balaban J connectivity index is 2.15. The summed E-state index contributed by atoms with van der Waals surface area (Å²) in [6.07, 6.45) is 9.82. The molecule has 64 valence electrons. The smallest absolute Gasteiger partial charge is 0.181 e. The maximum Gasteiger partial charge on any atom is 0.181 e. The average molecular weight is 173 g/mol. The minimum atomic E-state index is 0.776. The molecule has 0 saturated heterocycles. The van der Waals surface area contributed by atoms with E-state index in [9.17, 15) is 0 Å². The van der Waals surface area contributed by atoms with Gasteiger partial charge in [-0.2, -0.15) is 0 Å². The first-order chi connectivity index (χ1) is 6.45. The molecular formula is C9H7N3O. The van der Waals surface area contributed by atoms with Crippen LogP contribution in [0.15, 0.2) is 35.7 Å². The normalized spacial score (nSPS) is 10.8. The van der Waals surface area contributed by atoms with Crippen molar-refractivity contribution in [1.29, 1.82) is 0 Å². The first-order valence-electron chi connectivity index (χ1n) is 3.77. The van der Waals surface area contributed by atoms with Crippen molar-refractivity contribution in [1.82, 2.24) is 15.0 Å². The zero-order chi connectivity index (χ0) is 8.93. The molecule has 0 aromatic carbocycles. The van der Waals surface area contributed by atoms with Crippen molar-refractivity contribution in [3.05, 3.63) is 42.6 Å². The molecule has 13 heavy (non-hydrogen) atoms. The Morgan fingerprint density at radius 2 is 2.08 bits per heavy atom. The van der Waals surface area contributed by atoms with Gasteiger partial charge in [0, 0.05) is 6.20 Å². The molecule has 4 heteroatoms. The Hall–Kier alpha value is -1.97. The predicted molar refractivity (Wildman–Crippen MR) is 47.5 cm³/mol. The zero-order valence-electron chi connectivity index (χ0n) is 6.79. The van der Waals surface area contributed by atoms with Crippen LogP contribution in [0.3, 0.4) is 0 Å². The molecule has 2 aromatic rings. The first kappa shape index (κ1) is 7.67. The van der Waals surface area contributed by atoms with Crippen LogP contribution in [-0.4, -0.2) is 15.0 Å². The Morgan fingerprint density at radius 3 is 2.77 bits per heavy atom. The molecule has 0 atom stereocenters. The van der Waals surface area contributed by atoms with Gasteiger partial charge in [-0.05, 0) is 18.2 Å².